The minimum atomic E-state index is -0.302. The van der Waals surface area contributed by atoms with Crippen molar-refractivity contribution in [3.05, 3.63) is 88.1 Å². The molecule has 0 fully saturated rings. The molecule has 6 heteroatoms. The number of rotatable bonds is 6. The van der Waals surface area contributed by atoms with E-state index in [9.17, 15) is 14.4 Å². The Morgan fingerprint density at radius 1 is 0.926 bits per heavy atom. The highest BCUT2D eigenvalue weighted by Crippen LogP contribution is 2.10. The zero-order valence-corrected chi connectivity index (χ0v) is 14.7. The number of carbonyl (C=O) groups excluding carboxylic acids is 2. The zero-order valence-electron chi connectivity index (χ0n) is 14.7. The van der Waals surface area contributed by atoms with Gasteiger partial charge in [-0.05, 0) is 31.1 Å². The first-order valence-electron chi connectivity index (χ1n) is 8.73. The van der Waals surface area contributed by atoms with E-state index in [4.69, 9.17) is 4.42 Å². The third kappa shape index (κ3) is 5.81. The van der Waals surface area contributed by atoms with Crippen LogP contribution in [0, 0.1) is 0 Å². The minimum absolute atomic E-state index is 0.0748. The molecule has 138 valence electrons. The molecular formula is C21H20N2O4. The maximum Gasteiger partial charge on any atom is 0.231 e. The SMILES string of the molecule is O=C(Cc1cc(=O)cc(CC(=O)Nc2ccccc2)o1)NC1=CCCC=C1. The van der Waals surface area contributed by atoms with Crippen molar-refractivity contribution in [3.8, 4) is 0 Å². The van der Waals surface area contributed by atoms with Crippen molar-refractivity contribution in [2.24, 2.45) is 0 Å². The summed E-state index contributed by atoms with van der Waals surface area (Å²) in [5.41, 5.74) is 1.10. The largest absolute Gasteiger partial charge is 0.465 e. The Morgan fingerprint density at radius 3 is 2.22 bits per heavy atom. The van der Waals surface area contributed by atoms with Crippen LogP contribution in [0.1, 0.15) is 24.4 Å². The van der Waals surface area contributed by atoms with Crippen LogP contribution in [0.4, 0.5) is 5.69 Å². The van der Waals surface area contributed by atoms with Gasteiger partial charge in [-0.1, -0.05) is 30.4 Å². The highest BCUT2D eigenvalue weighted by atomic mass is 16.3. The molecule has 0 aliphatic heterocycles. The van der Waals surface area contributed by atoms with Gasteiger partial charge in [-0.15, -0.1) is 0 Å². The summed E-state index contributed by atoms with van der Waals surface area (Å²) >= 11 is 0. The van der Waals surface area contributed by atoms with Crippen LogP contribution in [0.3, 0.4) is 0 Å². The monoisotopic (exact) mass is 364 g/mol. The van der Waals surface area contributed by atoms with Crippen LogP contribution in [0.15, 0.2) is 75.6 Å². The summed E-state index contributed by atoms with van der Waals surface area (Å²) in [6.07, 6.45) is 7.46. The quantitative estimate of drug-likeness (QED) is 0.825. The van der Waals surface area contributed by atoms with E-state index in [2.05, 4.69) is 10.6 Å². The molecule has 1 heterocycles. The first-order valence-corrected chi connectivity index (χ1v) is 8.73. The molecule has 0 spiro atoms. The number of allylic oxidation sites excluding steroid dienone is 3. The van der Waals surface area contributed by atoms with E-state index in [1.165, 1.54) is 12.1 Å². The van der Waals surface area contributed by atoms with Gasteiger partial charge in [-0.3, -0.25) is 14.4 Å². The highest BCUT2D eigenvalue weighted by molar-refractivity contribution is 5.91. The average molecular weight is 364 g/mol. The van der Waals surface area contributed by atoms with Crippen LogP contribution >= 0.6 is 0 Å². The Balaban J connectivity index is 1.62. The topological polar surface area (TPSA) is 88.4 Å². The van der Waals surface area contributed by atoms with Gasteiger partial charge in [-0.2, -0.15) is 0 Å². The van der Waals surface area contributed by atoms with E-state index in [-0.39, 0.29) is 41.6 Å². The summed E-state index contributed by atoms with van der Waals surface area (Å²) in [6.45, 7) is 0. The summed E-state index contributed by atoms with van der Waals surface area (Å²) in [7, 11) is 0. The fraction of sp³-hybridized carbons (Fsp3) is 0.190. The fourth-order valence-corrected chi connectivity index (χ4v) is 2.71. The highest BCUT2D eigenvalue weighted by Gasteiger charge is 2.12. The van der Waals surface area contributed by atoms with E-state index < -0.39 is 0 Å². The van der Waals surface area contributed by atoms with Gasteiger partial charge in [0.25, 0.3) is 0 Å². The molecule has 27 heavy (non-hydrogen) atoms. The van der Waals surface area contributed by atoms with Crippen LogP contribution in [0.25, 0.3) is 0 Å². The Kier molecular flexibility index (Phi) is 5.99. The molecule has 1 aromatic heterocycles. The van der Waals surface area contributed by atoms with Gasteiger partial charge in [0.15, 0.2) is 5.43 Å². The number of hydrogen-bond acceptors (Lipinski definition) is 4. The normalized spacial score (nSPS) is 13.0. The number of hydrogen-bond donors (Lipinski definition) is 2. The number of nitrogens with one attached hydrogen (secondary N) is 2. The van der Waals surface area contributed by atoms with Gasteiger partial charge in [0.2, 0.25) is 11.8 Å². The number of anilines is 1. The third-order valence-corrected chi connectivity index (χ3v) is 3.87. The standard InChI is InChI=1S/C21H20N2O4/c24-17-11-18(13-20(25)22-15-7-3-1-4-8-15)27-19(12-17)14-21(26)23-16-9-5-2-6-10-16/h1,3-5,7-12H,2,6,13-14H2,(H,22,25)(H,23,26). The molecular weight excluding hydrogens is 344 g/mol. The van der Waals surface area contributed by atoms with Crippen molar-refractivity contribution < 1.29 is 14.0 Å². The second kappa shape index (κ2) is 8.80. The van der Waals surface area contributed by atoms with Crippen molar-refractivity contribution in [1.82, 2.24) is 5.32 Å². The first kappa shape index (κ1) is 18.4. The van der Waals surface area contributed by atoms with Gasteiger partial charge in [0, 0.05) is 23.5 Å². The predicted octanol–water partition coefficient (Wildman–Crippen LogP) is 2.71. The van der Waals surface area contributed by atoms with E-state index in [1.807, 2.05) is 36.4 Å². The lowest BCUT2D eigenvalue weighted by Crippen LogP contribution is -2.25. The van der Waals surface area contributed by atoms with Crippen LogP contribution in [-0.4, -0.2) is 11.8 Å². The lowest BCUT2D eigenvalue weighted by molar-refractivity contribution is -0.120. The second-order valence-corrected chi connectivity index (χ2v) is 6.18. The Bertz CT molecular complexity index is 942. The summed E-state index contributed by atoms with van der Waals surface area (Å²) in [6, 6.07) is 11.5. The molecule has 2 N–H and O–H groups in total. The molecule has 3 rings (SSSR count). The zero-order chi connectivity index (χ0) is 19.1. The molecule has 2 amide bonds. The molecule has 0 bridgehead atoms. The number of amides is 2. The molecule has 0 radical (unpaired) electrons. The molecule has 0 saturated carbocycles. The van der Waals surface area contributed by atoms with E-state index in [0.29, 0.717) is 5.69 Å². The van der Waals surface area contributed by atoms with E-state index >= 15 is 0 Å². The summed E-state index contributed by atoms with van der Waals surface area (Å²) in [4.78, 5) is 36.1. The molecule has 1 aromatic carbocycles. The fourth-order valence-electron chi connectivity index (χ4n) is 2.71. The van der Waals surface area contributed by atoms with Gasteiger partial charge in [0.1, 0.15) is 11.5 Å². The average Bonchev–Trinajstić information content (AvgIpc) is 2.62. The Labute approximate surface area is 156 Å². The van der Waals surface area contributed by atoms with Gasteiger partial charge in [-0.25, -0.2) is 0 Å². The van der Waals surface area contributed by atoms with Gasteiger partial charge in [0.05, 0.1) is 12.8 Å². The first-order chi connectivity index (χ1) is 13.1. The molecule has 0 atom stereocenters. The van der Waals surface area contributed by atoms with Crippen molar-refractivity contribution in [1.29, 1.82) is 0 Å². The smallest absolute Gasteiger partial charge is 0.231 e. The lowest BCUT2D eigenvalue weighted by Gasteiger charge is -2.09. The Hall–Kier alpha value is -3.41. The van der Waals surface area contributed by atoms with Crippen LogP contribution < -0.4 is 16.1 Å². The molecule has 6 nitrogen and oxygen atoms in total. The van der Waals surface area contributed by atoms with E-state index in [1.54, 1.807) is 12.1 Å². The summed E-state index contributed by atoms with van der Waals surface area (Å²) in [5, 5.41) is 5.50. The van der Waals surface area contributed by atoms with Crippen molar-refractivity contribution in [3.63, 3.8) is 0 Å². The van der Waals surface area contributed by atoms with Crippen LogP contribution in [0.2, 0.25) is 0 Å². The van der Waals surface area contributed by atoms with Crippen molar-refractivity contribution in [2.75, 3.05) is 5.32 Å². The molecule has 0 saturated heterocycles. The third-order valence-electron chi connectivity index (χ3n) is 3.87. The number of benzene rings is 1. The maximum atomic E-state index is 12.1. The molecule has 1 aliphatic rings. The lowest BCUT2D eigenvalue weighted by atomic mass is 10.1. The summed E-state index contributed by atoms with van der Waals surface area (Å²) in [5.74, 6) is -0.135. The second-order valence-electron chi connectivity index (χ2n) is 6.18. The van der Waals surface area contributed by atoms with Gasteiger partial charge < -0.3 is 15.1 Å². The Morgan fingerprint density at radius 2 is 1.59 bits per heavy atom. The predicted molar refractivity (Wildman–Crippen MR) is 102 cm³/mol. The van der Waals surface area contributed by atoms with Crippen molar-refractivity contribution >= 4 is 17.5 Å². The van der Waals surface area contributed by atoms with Gasteiger partial charge >= 0.3 is 0 Å². The molecule has 2 aromatic rings. The maximum absolute atomic E-state index is 12.1. The van der Waals surface area contributed by atoms with Crippen molar-refractivity contribution in [2.45, 2.75) is 25.7 Å². The van der Waals surface area contributed by atoms with E-state index in [0.717, 1.165) is 18.5 Å². The molecule has 1 aliphatic carbocycles. The summed E-state index contributed by atoms with van der Waals surface area (Å²) < 4.78 is 5.57. The molecule has 0 unspecified atom stereocenters. The minimum Gasteiger partial charge on any atom is -0.465 e. The van der Waals surface area contributed by atoms with Crippen LogP contribution in [0.5, 0.6) is 0 Å². The van der Waals surface area contributed by atoms with Crippen LogP contribution in [-0.2, 0) is 22.4 Å². The number of para-hydroxylation sites is 1. The number of carbonyl (C=O) groups is 2.